The molecule has 7 aromatic carbocycles. The molecule has 0 radical (unpaired) electrons. The Kier molecular flexibility index (Phi) is 10.9. The molecule has 1 atom stereocenters. The van der Waals surface area contributed by atoms with Gasteiger partial charge >= 0.3 is 0 Å². The van der Waals surface area contributed by atoms with Crippen molar-refractivity contribution in [2.75, 3.05) is 9.80 Å². The summed E-state index contributed by atoms with van der Waals surface area (Å²) in [7, 11) is 0. The molecule has 2 heterocycles. The van der Waals surface area contributed by atoms with Crippen LogP contribution in [0.2, 0.25) is 0 Å². The van der Waals surface area contributed by atoms with Gasteiger partial charge in [0.05, 0.1) is 28.4 Å². The van der Waals surface area contributed by atoms with Gasteiger partial charge in [0.25, 0.3) is 0 Å². The molecule has 2 aliphatic heterocycles. The first-order valence-corrected chi connectivity index (χ1v) is 30.2. The van der Waals surface area contributed by atoms with Gasteiger partial charge in [0, 0.05) is 39.1 Å². The van der Waals surface area contributed by atoms with Gasteiger partial charge in [-0.15, -0.1) is 0 Å². The molecule has 7 aromatic rings. The molecular weight excluding hydrogens is 953 g/mol. The van der Waals surface area contributed by atoms with Gasteiger partial charge in [-0.1, -0.05) is 197 Å². The zero-order chi connectivity index (χ0) is 56.3. The van der Waals surface area contributed by atoms with E-state index in [1.54, 1.807) is 5.56 Å². The van der Waals surface area contributed by atoms with Crippen LogP contribution in [0.5, 0.6) is 0 Å². The Bertz CT molecular complexity index is 3790. The maximum atomic E-state index is 2.79. The third kappa shape index (κ3) is 7.60. The molecule has 0 saturated heterocycles. The van der Waals surface area contributed by atoms with Gasteiger partial charge in [-0.2, -0.15) is 0 Å². The monoisotopic (exact) mass is 1040 g/mol. The average molecular weight is 1040 g/mol. The topological polar surface area (TPSA) is 6.48 Å². The quantitative estimate of drug-likeness (QED) is 0.174. The van der Waals surface area contributed by atoms with Gasteiger partial charge in [-0.3, -0.25) is 0 Å². The van der Waals surface area contributed by atoms with Crippen LogP contribution in [-0.4, -0.2) is 0 Å². The number of allylic oxidation sites excluding steroid dienone is 1. The molecule has 4 aliphatic carbocycles. The number of rotatable bonds is 3. The van der Waals surface area contributed by atoms with Gasteiger partial charge < -0.3 is 9.80 Å². The third-order valence-corrected chi connectivity index (χ3v) is 21.2. The van der Waals surface area contributed by atoms with Crippen LogP contribution >= 0.6 is 0 Å². The van der Waals surface area contributed by atoms with Gasteiger partial charge in [0.2, 0.25) is 0 Å². The molecule has 0 spiro atoms. The van der Waals surface area contributed by atoms with Crippen molar-refractivity contribution in [1.82, 2.24) is 0 Å². The van der Waals surface area contributed by atoms with Gasteiger partial charge in [-0.05, 0) is 204 Å². The van der Waals surface area contributed by atoms with E-state index in [4.69, 9.17) is 0 Å². The van der Waals surface area contributed by atoms with Crippen molar-refractivity contribution in [2.45, 2.75) is 213 Å². The van der Waals surface area contributed by atoms with Gasteiger partial charge in [-0.25, -0.2) is 0 Å². The molecule has 1 unspecified atom stereocenters. The second-order valence-electron chi connectivity index (χ2n) is 31.3. The number of aryl methyl sites for hydroxylation is 1. The molecule has 2 heteroatoms. The summed E-state index contributed by atoms with van der Waals surface area (Å²) in [6, 6.07) is 49.9. The predicted molar refractivity (Wildman–Crippen MR) is 337 cm³/mol. The van der Waals surface area contributed by atoms with Crippen molar-refractivity contribution in [1.29, 1.82) is 0 Å². The maximum Gasteiger partial charge on any atom is 0.0542 e. The van der Waals surface area contributed by atoms with Crippen LogP contribution in [0.3, 0.4) is 0 Å². The number of fused-ring (bicyclic) bond motifs is 9. The fourth-order valence-electron chi connectivity index (χ4n) is 15.9. The van der Waals surface area contributed by atoms with Gasteiger partial charge in [0.1, 0.15) is 0 Å². The summed E-state index contributed by atoms with van der Waals surface area (Å²) >= 11 is 0. The number of hydrogen-bond acceptors (Lipinski definition) is 2. The molecule has 2 nitrogen and oxygen atoms in total. The number of anilines is 5. The molecule has 0 aromatic heterocycles. The summed E-state index contributed by atoms with van der Waals surface area (Å²) in [5, 5.41) is 0. The molecule has 0 N–H and O–H groups in total. The number of nitrogens with zero attached hydrogens (tertiary/aromatic N) is 2. The largest absolute Gasteiger partial charge is 0.309 e. The number of hydrogen-bond donors (Lipinski definition) is 0. The third-order valence-electron chi connectivity index (χ3n) is 21.2. The maximum absolute atomic E-state index is 2.79. The molecule has 406 valence electrons. The van der Waals surface area contributed by atoms with Crippen LogP contribution in [0.15, 0.2) is 127 Å². The Morgan fingerprint density at radius 1 is 0.418 bits per heavy atom. The Hall–Kier alpha value is -6.12. The van der Waals surface area contributed by atoms with Crippen molar-refractivity contribution in [3.63, 3.8) is 0 Å². The summed E-state index contributed by atoms with van der Waals surface area (Å²) < 4.78 is 0. The highest BCUT2D eigenvalue weighted by molar-refractivity contribution is 6.04. The fraction of sp³-hybridized carbons (Fsp3) is 0.429. The van der Waals surface area contributed by atoms with Crippen LogP contribution in [0.25, 0.3) is 16.8 Å². The van der Waals surface area contributed by atoms with Crippen molar-refractivity contribution < 1.29 is 0 Å². The minimum Gasteiger partial charge on any atom is -0.309 e. The Labute approximate surface area is 475 Å². The second kappa shape index (κ2) is 16.5. The lowest BCUT2D eigenvalue weighted by Gasteiger charge is -2.49. The highest BCUT2D eigenvalue weighted by atomic mass is 15.2. The first kappa shape index (κ1) is 52.3. The van der Waals surface area contributed by atoms with E-state index >= 15 is 0 Å². The zero-order valence-electron chi connectivity index (χ0n) is 51.6. The summed E-state index contributed by atoms with van der Waals surface area (Å²) in [5.41, 5.74) is 33.4. The molecule has 6 aliphatic rings. The van der Waals surface area contributed by atoms with Crippen molar-refractivity contribution in [3.8, 4) is 11.1 Å². The van der Waals surface area contributed by atoms with Crippen LogP contribution in [0.4, 0.5) is 28.4 Å². The smallest absolute Gasteiger partial charge is 0.0542 e. The minimum absolute atomic E-state index is 0.0336. The Morgan fingerprint density at radius 3 is 1.52 bits per heavy atom. The van der Waals surface area contributed by atoms with E-state index < -0.39 is 0 Å². The van der Waals surface area contributed by atoms with Crippen molar-refractivity contribution in [3.05, 3.63) is 210 Å². The molecular formula is C77H88N2. The Morgan fingerprint density at radius 2 is 0.937 bits per heavy atom. The Balaban J connectivity index is 1.16. The molecule has 0 fully saturated rings. The summed E-state index contributed by atoms with van der Waals surface area (Å²) in [6.45, 7) is 46.3. The van der Waals surface area contributed by atoms with Crippen LogP contribution in [0.1, 0.15) is 240 Å². The van der Waals surface area contributed by atoms with E-state index in [9.17, 15) is 0 Å². The van der Waals surface area contributed by atoms with E-state index in [1.807, 2.05) is 0 Å². The molecule has 0 amide bonds. The molecule has 13 rings (SSSR count). The second-order valence-corrected chi connectivity index (χ2v) is 31.3. The highest BCUT2D eigenvalue weighted by Crippen LogP contribution is 2.66. The highest BCUT2D eigenvalue weighted by Gasteiger charge is 2.50. The van der Waals surface area contributed by atoms with Crippen LogP contribution < -0.4 is 9.80 Å². The standard InChI is InChI=1S/C77H88N2/c1-45-36-65-68-66(37-45)79(63-31-28-49(71(5,6)7)40-51(63)46-24-26-48(27-25-46)70(2,3)4)64-44-62-61(76(16,17)56-22-20-21-23-57(56)77(62,18)19)43-53(64)67(68)54-38-47-39-58-60(75(14,15)35-34-73(58,10)11)42-52(47)69(54)78(65)50-29-30-55-59(41-50)74(12,13)33-32-72(55,8)9/h20-31,36-37,39-44,67H,32-35,38H2,1-19H3. The van der Waals surface area contributed by atoms with Crippen molar-refractivity contribution in [2.24, 2.45) is 0 Å². The summed E-state index contributed by atoms with van der Waals surface area (Å²) in [4.78, 5) is 5.53. The van der Waals surface area contributed by atoms with Gasteiger partial charge in [0.15, 0.2) is 0 Å². The van der Waals surface area contributed by atoms with E-state index in [2.05, 4.69) is 263 Å². The first-order chi connectivity index (χ1) is 36.8. The SMILES string of the molecule is Cc1cc2c3c(c1)N(c1ccc(C(C)(C)C)cc1-c1ccc(C(C)(C)C)cc1)c1cc4c(cc1C3C1=C(c3cc5c(cc3C1)C(C)(C)CCC5(C)C)N2c1ccc2c(c1)C(C)(C)CCC2(C)C)C(C)(C)c1ccccc1C4(C)C. The van der Waals surface area contributed by atoms with Crippen LogP contribution in [0, 0.1) is 6.92 Å². The van der Waals surface area contributed by atoms with E-state index in [0.717, 1.165) is 6.42 Å². The lowest BCUT2D eigenvalue weighted by Crippen LogP contribution is -2.38. The minimum atomic E-state index is -0.229. The molecule has 0 bridgehead atoms. The lowest BCUT2D eigenvalue weighted by molar-refractivity contribution is 0.331. The average Bonchev–Trinajstić information content (AvgIpc) is 4.05. The van der Waals surface area contributed by atoms with E-state index in [1.165, 1.54) is 154 Å². The first-order valence-electron chi connectivity index (χ1n) is 30.2. The van der Waals surface area contributed by atoms with E-state index in [0.29, 0.717) is 0 Å². The number of benzene rings is 7. The molecule has 0 saturated carbocycles. The summed E-state index contributed by atoms with van der Waals surface area (Å²) in [6.07, 6.45) is 5.68. The van der Waals surface area contributed by atoms with E-state index in [-0.39, 0.29) is 49.2 Å². The van der Waals surface area contributed by atoms with Crippen molar-refractivity contribution >= 4 is 34.1 Å². The predicted octanol–water partition coefficient (Wildman–Crippen LogP) is 21.0. The summed E-state index contributed by atoms with van der Waals surface area (Å²) in [5.74, 6) is 0.0336. The molecule has 79 heavy (non-hydrogen) atoms. The lowest BCUT2D eigenvalue weighted by atomic mass is 9.59. The zero-order valence-corrected chi connectivity index (χ0v) is 51.6. The fourth-order valence-corrected chi connectivity index (χ4v) is 15.9. The van der Waals surface area contributed by atoms with Crippen LogP contribution in [-0.2, 0) is 49.7 Å². The normalized spacial score (nSPS) is 21.0.